The first kappa shape index (κ1) is 16.0. The number of carboxylic acids is 1. The molecule has 1 unspecified atom stereocenters. The SMILES string of the molecule is CCOc1ccc(C[NH+](CC(=O)[O-])Cc2ccccc2)cc1. The van der Waals surface area contributed by atoms with Crippen LogP contribution in [0.3, 0.4) is 0 Å². The normalized spacial score (nSPS) is 11.9. The van der Waals surface area contributed by atoms with Gasteiger partial charge in [0, 0.05) is 11.1 Å². The number of rotatable bonds is 8. The van der Waals surface area contributed by atoms with E-state index in [9.17, 15) is 9.90 Å². The first-order chi connectivity index (χ1) is 10.7. The maximum atomic E-state index is 11.0. The van der Waals surface area contributed by atoms with Crippen molar-refractivity contribution in [2.45, 2.75) is 20.0 Å². The molecule has 0 aliphatic heterocycles. The smallest absolute Gasteiger partial charge is 0.119 e. The van der Waals surface area contributed by atoms with E-state index >= 15 is 0 Å². The van der Waals surface area contributed by atoms with Crippen LogP contribution in [0.15, 0.2) is 54.6 Å². The molecule has 2 rings (SSSR count). The van der Waals surface area contributed by atoms with E-state index in [1.165, 1.54) is 0 Å². The third kappa shape index (κ3) is 5.22. The Morgan fingerprint density at radius 1 is 1.00 bits per heavy atom. The van der Waals surface area contributed by atoms with Crippen molar-refractivity contribution in [3.8, 4) is 5.75 Å². The number of aliphatic carboxylic acids is 1. The van der Waals surface area contributed by atoms with Crippen molar-refractivity contribution >= 4 is 5.97 Å². The van der Waals surface area contributed by atoms with Crippen molar-refractivity contribution in [3.63, 3.8) is 0 Å². The summed E-state index contributed by atoms with van der Waals surface area (Å²) in [6.45, 7) is 3.86. The molecule has 0 radical (unpaired) electrons. The average molecular weight is 299 g/mol. The molecule has 1 atom stereocenters. The van der Waals surface area contributed by atoms with Gasteiger partial charge in [-0.05, 0) is 31.2 Å². The minimum atomic E-state index is -1.03. The standard InChI is InChI=1S/C18H21NO3/c1-2-22-17-10-8-16(9-11-17)13-19(14-18(20)21)12-15-6-4-3-5-7-15/h3-11H,2,12-14H2,1H3,(H,20,21). The summed E-state index contributed by atoms with van der Waals surface area (Å²) in [4.78, 5) is 11.9. The monoisotopic (exact) mass is 299 g/mol. The molecule has 1 N–H and O–H groups in total. The van der Waals surface area contributed by atoms with Crippen LogP contribution in [-0.2, 0) is 17.9 Å². The van der Waals surface area contributed by atoms with Gasteiger partial charge in [0.2, 0.25) is 0 Å². The van der Waals surface area contributed by atoms with Gasteiger partial charge in [0.05, 0.1) is 12.6 Å². The Morgan fingerprint density at radius 2 is 1.59 bits per heavy atom. The van der Waals surface area contributed by atoms with E-state index in [0.29, 0.717) is 19.7 Å². The number of benzene rings is 2. The number of hydrogen-bond donors (Lipinski definition) is 1. The minimum Gasteiger partial charge on any atom is -0.544 e. The van der Waals surface area contributed by atoms with Crippen molar-refractivity contribution in [2.75, 3.05) is 13.2 Å². The lowest BCUT2D eigenvalue weighted by Gasteiger charge is -2.20. The van der Waals surface area contributed by atoms with Crippen molar-refractivity contribution in [3.05, 3.63) is 65.7 Å². The molecule has 22 heavy (non-hydrogen) atoms. The summed E-state index contributed by atoms with van der Waals surface area (Å²) in [5.41, 5.74) is 2.19. The molecule has 116 valence electrons. The molecule has 0 aromatic heterocycles. The van der Waals surface area contributed by atoms with Crippen LogP contribution in [0.4, 0.5) is 0 Å². The van der Waals surface area contributed by atoms with Gasteiger partial charge in [0.1, 0.15) is 25.4 Å². The maximum Gasteiger partial charge on any atom is 0.119 e. The minimum absolute atomic E-state index is 0.0118. The number of carbonyl (C=O) groups is 1. The molecule has 0 saturated heterocycles. The van der Waals surface area contributed by atoms with Gasteiger partial charge in [-0.2, -0.15) is 0 Å². The van der Waals surface area contributed by atoms with Crippen LogP contribution < -0.4 is 14.7 Å². The van der Waals surface area contributed by atoms with E-state index in [1.54, 1.807) is 0 Å². The molecule has 4 nitrogen and oxygen atoms in total. The molecule has 0 fully saturated rings. The molecule has 0 saturated carbocycles. The van der Waals surface area contributed by atoms with Crippen LogP contribution in [0.1, 0.15) is 18.1 Å². The lowest BCUT2D eigenvalue weighted by Crippen LogP contribution is -3.10. The highest BCUT2D eigenvalue weighted by Crippen LogP contribution is 2.11. The lowest BCUT2D eigenvalue weighted by atomic mass is 10.1. The summed E-state index contributed by atoms with van der Waals surface area (Å²) in [7, 11) is 0. The van der Waals surface area contributed by atoms with Gasteiger partial charge in [-0.3, -0.25) is 0 Å². The molecule has 2 aromatic carbocycles. The fourth-order valence-corrected chi connectivity index (χ4v) is 2.44. The predicted octanol–water partition coefficient (Wildman–Crippen LogP) is 0.420. The largest absolute Gasteiger partial charge is 0.544 e. The zero-order valence-corrected chi connectivity index (χ0v) is 12.7. The van der Waals surface area contributed by atoms with Gasteiger partial charge in [0.25, 0.3) is 0 Å². The Kier molecular flexibility index (Phi) is 5.98. The molecular formula is C18H21NO3. The third-order valence-electron chi connectivity index (χ3n) is 3.38. The molecule has 0 spiro atoms. The first-order valence-electron chi connectivity index (χ1n) is 7.46. The van der Waals surface area contributed by atoms with Gasteiger partial charge in [-0.25, -0.2) is 0 Å². The highest BCUT2D eigenvalue weighted by Gasteiger charge is 2.11. The van der Waals surface area contributed by atoms with E-state index in [2.05, 4.69) is 0 Å². The van der Waals surface area contributed by atoms with E-state index in [4.69, 9.17) is 4.74 Å². The second-order valence-corrected chi connectivity index (χ2v) is 5.21. The van der Waals surface area contributed by atoms with E-state index in [-0.39, 0.29) is 6.54 Å². The Labute approximate surface area is 131 Å². The predicted molar refractivity (Wildman–Crippen MR) is 82.3 cm³/mol. The van der Waals surface area contributed by atoms with Crippen LogP contribution in [0, 0.1) is 0 Å². The number of carbonyl (C=O) groups excluding carboxylic acids is 1. The molecule has 2 aromatic rings. The average Bonchev–Trinajstić information content (AvgIpc) is 2.50. The van der Waals surface area contributed by atoms with Crippen LogP contribution in [-0.4, -0.2) is 19.1 Å². The van der Waals surface area contributed by atoms with Gasteiger partial charge in [-0.1, -0.05) is 30.3 Å². The van der Waals surface area contributed by atoms with Crippen LogP contribution in [0.5, 0.6) is 5.75 Å². The third-order valence-corrected chi connectivity index (χ3v) is 3.38. The first-order valence-corrected chi connectivity index (χ1v) is 7.46. The molecule has 0 bridgehead atoms. The molecule has 0 heterocycles. The Morgan fingerprint density at radius 3 is 2.14 bits per heavy atom. The second kappa shape index (κ2) is 8.20. The number of nitrogens with one attached hydrogen (secondary N) is 1. The lowest BCUT2D eigenvalue weighted by molar-refractivity contribution is -0.922. The van der Waals surface area contributed by atoms with Gasteiger partial charge < -0.3 is 19.5 Å². The van der Waals surface area contributed by atoms with Gasteiger partial charge >= 0.3 is 0 Å². The van der Waals surface area contributed by atoms with Crippen LogP contribution in [0.2, 0.25) is 0 Å². The summed E-state index contributed by atoms with van der Waals surface area (Å²) < 4.78 is 5.42. The topological polar surface area (TPSA) is 53.8 Å². The van der Waals surface area contributed by atoms with Crippen LogP contribution in [0.25, 0.3) is 0 Å². The van der Waals surface area contributed by atoms with E-state index in [1.807, 2.05) is 61.5 Å². The summed E-state index contributed by atoms with van der Waals surface area (Å²) in [5.74, 6) is -0.201. The van der Waals surface area contributed by atoms with E-state index in [0.717, 1.165) is 21.8 Å². The number of carboxylic acid groups (broad SMARTS) is 1. The molecule has 0 aliphatic carbocycles. The van der Waals surface area contributed by atoms with Crippen molar-refractivity contribution < 1.29 is 19.5 Å². The second-order valence-electron chi connectivity index (χ2n) is 5.21. The summed E-state index contributed by atoms with van der Waals surface area (Å²) in [6.07, 6.45) is 0. The molecule has 0 amide bonds. The highest BCUT2D eigenvalue weighted by molar-refractivity contribution is 5.65. The van der Waals surface area contributed by atoms with Gasteiger partial charge in [-0.15, -0.1) is 0 Å². The molecular weight excluding hydrogens is 278 g/mol. The Bertz CT molecular complexity index is 581. The Hall–Kier alpha value is -2.33. The summed E-state index contributed by atoms with van der Waals surface area (Å²) >= 11 is 0. The van der Waals surface area contributed by atoms with Crippen molar-refractivity contribution in [1.29, 1.82) is 0 Å². The summed E-state index contributed by atoms with van der Waals surface area (Å²) in [6, 6.07) is 17.7. The number of quaternary nitrogens is 1. The summed E-state index contributed by atoms with van der Waals surface area (Å²) in [5, 5.41) is 11.0. The van der Waals surface area contributed by atoms with Crippen molar-refractivity contribution in [1.82, 2.24) is 0 Å². The van der Waals surface area contributed by atoms with E-state index < -0.39 is 5.97 Å². The zero-order valence-electron chi connectivity index (χ0n) is 12.7. The van der Waals surface area contributed by atoms with Crippen LogP contribution >= 0.6 is 0 Å². The zero-order chi connectivity index (χ0) is 15.8. The van der Waals surface area contributed by atoms with Gasteiger partial charge in [0.15, 0.2) is 0 Å². The van der Waals surface area contributed by atoms with Crippen molar-refractivity contribution in [2.24, 2.45) is 0 Å². The Balaban J connectivity index is 2.04. The quantitative estimate of drug-likeness (QED) is 0.769. The fraction of sp³-hybridized carbons (Fsp3) is 0.278. The molecule has 4 heteroatoms. The highest BCUT2D eigenvalue weighted by atomic mass is 16.5. The maximum absolute atomic E-state index is 11.0. The number of hydrogen-bond acceptors (Lipinski definition) is 3. The number of ether oxygens (including phenoxy) is 1. The fourth-order valence-electron chi connectivity index (χ4n) is 2.44. The molecule has 0 aliphatic rings.